The Labute approximate surface area is 93.5 Å². The third kappa shape index (κ3) is 1.74. The average molecular weight is 218 g/mol. The lowest BCUT2D eigenvalue weighted by molar-refractivity contribution is 0.154. The Morgan fingerprint density at radius 3 is 2.81 bits per heavy atom. The van der Waals surface area contributed by atoms with Gasteiger partial charge < -0.3 is 15.0 Å². The van der Waals surface area contributed by atoms with Crippen LogP contribution in [0.2, 0.25) is 0 Å². The first-order chi connectivity index (χ1) is 7.59. The van der Waals surface area contributed by atoms with Crippen molar-refractivity contribution in [2.45, 2.75) is 13.5 Å². The van der Waals surface area contributed by atoms with Crippen molar-refractivity contribution in [2.24, 2.45) is 0 Å². The fraction of sp³-hybridized carbons (Fsp3) is 0.250. The number of fused-ring (bicyclic) bond motifs is 1. The van der Waals surface area contributed by atoms with Crippen molar-refractivity contribution < 1.29 is 9.90 Å². The van der Waals surface area contributed by atoms with E-state index in [4.69, 9.17) is 5.11 Å². The van der Waals surface area contributed by atoms with Crippen LogP contribution in [0.5, 0.6) is 0 Å². The van der Waals surface area contributed by atoms with E-state index in [-0.39, 0.29) is 0 Å². The van der Waals surface area contributed by atoms with Gasteiger partial charge in [-0.05, 0) is 18.6 Å². The molecule has 2 aromatic rings. The number of rotatable bonds is 2. The summed E-state index contributed by atoms with van der Waals surface area (Å²) in [4.78, 5) is 15.3. The van der Waals surface area contributed by atoms with Gasteiger partial charge in [0, 0.05) is 23.6 Å². The monoisotopic (exact) mass is 218 g/mol. The third-order valence-corrected chi connectivity index (χ3v) is 2.75. The number of aromatic nitrogens is 1. The van der Waals surface area contributed by atoms with Gasteiger partial charge in [-0.2, -0.15) is 0 Å². The van der Waals surface area contributed by atoms with Crippen LogP contribution in [-0.2, 0) is 6.54 Å². The van der Waals surface area contributed by atoms with Gasteiger partial charge in [-0.3, -0.25) is 0 Å². The van der Waals surface area contributed by atoms with E-state index >= 15 is 0 Å². The molecule has 1 aromatic carbocycles. The molecule has 2 rings (SSSR count). The number of aryl methyl sites for hydroxylation is 1. The molecule has 0 aliphatic rings. The fourth-order valence-corrected chi connectivity index (χ4v) is 1.84. The van der Waals surface area contributed by atoms with E-state index in [1.54, 1.807) is 7.05 Å². The summed E-state index contributed by atoms with van der Waals surface area (Å²) in [5.74, 6) is 0. The van der Waals surface area contributed by atoms with Gasteiger partial charge in [0.2, 0.25) is 0 Å². The maximum absolute atomic E-state index is 10.8. The van der Waals surface area contributed by atoms with Crippen LogP contribution in [0.15, 0.2) is 24.3 Å². The Kier molecular flexibility index (Phi) is 2.56. The highest BCUT2D eigenvalue weighted by molar-refractivity contribution is 5.84. The van der Waals surface area contributed by atoms with Gasteiger partial charge in [0.1, 0.15) is 0 Å². The third-order valence-electron chi connectivity index (χ3n) is 2.75. The van der Waals surface area contributed by atoms with Crippen LogP contribution in [0.4, 0.5) is 4.79 Å². The molecule has 0 atom stereocenters. The second-order valence-corrected chi connectivity index (χ2v) is 3.91. The summed E-state index contributed by atoms with van der Waals surface area (Å²) < 4.78 is 0. The standard InChI is InChI=1S/C12H14N2O2/c1-8-10(7-14(2)12(15)16)9-5-3-4-6-11(9)13-8/h3-6,13H,7H2,1-2H3,(H,15,16). The van der Waals surface area contributed by atoms with E-state index in [1.807, 2.05) is 31.2 Å². The van der Waals surface area contributed by atoms with Crippen LogP contribution < -0.4 is 0 Å². The van der Waals surface area contributed by atoms with E-state index < -0.39 is 6.09 Å². The molecule has 0 aliphatic heterocycles. The molecule has 0 aliphatic carbocycles. The zero-order valence-corrected chi connectivity index (χ0v) is 9.32. The van der Waals surface area contributed by atoms with Crippen LogP contribution >= 0.6 is 0 Å². The molecule has 0 unspecified atom stereocenters. The summed E-state index contributed by atoms with van der Waals surface area (Å²) in [6.45, 7) is 2.37. The van der Waals surface area contributed by atoms with E-state index in [2.05, 4.69) is 4.98 Å². The highest BCUT2D eigenvalue weighted by Gasteiger charge is 2.12. The van der Waals surface area contributed by atoms with Crippen molar-refractivity contribution in [3.05, 3.63) is 35.5 Å². The quantitative estimate of drug-likeness (QED) is 0.814. The second kappa shape index (κ2) is 3.89. The molecule has 4 nitrogen and oxygen atoms in total. The molecule has 4 heteroatoms. The van der Waals surface area contributed by atoms with Crippen molar-refractivity contribution in [3.63, 3.8) is 0 Å². The molecule has 16 heavy (non-hydrogen) atoms. The van der Waals surface area contributed by atoms with Crippen LogP contribution in [0.25, 0.3) is 10.9 Å². The lowest BCUT2D eigenvalue weighted by Gasteiger charge is -2.12. The number of amides is 1. The van der Waals surface area contributed by atoms with Gasteiger partial charge in [0.25, 0.3) is 0 Å². The molecule has 0 radical (unpaired) electrons. The Hall–Kier alpha value is -1.97. The summed E-state index contributed by atoms with van der Waals surface area (Å²) in [5, 5.41) is 9.95. The van der Waals surface area contributed by atoms with E-state index in [0.717, 1.165) is 22.2 Å². The summed E-state index contributed by atoms with van der Waals surface area (Å²) in [5.41, 5.74) is 3.11. The first-order valence-corrected chi connectivity index (χ1v) is 5.10. The molecule has 0 saturated carbocycles. The number of para-hydroxylation sites is 1. The van der Waals surface area contributed by atoms with E-state index in [0.29, 0.717) is 6.54 Å². The van der Waals surface area contributed by atoms with Gasteiger partial charge >= 0.3 is 6.09 Å². The second-order valence-electron chi connectivity index (χ2n) is 3.91. The lowest BCUT2D eigenvalue weighted by Crippen LogP contribution is -2.24. The molecule has 0 saturated heterocycles. The lowest BCUT2D eigenvalue weighted by atomic mass is 10.1. The number of H-pyrrole nitrogens is 1. The highest BCUT2D eigenvalue weighted by atomic mass is 16.4. The number of nitrogens with zero attached hydrogens (tertiary/aromatic N) is 1. The van der Waals surface area contributed by atoms with Crippen LogP contribution in [-0.4, -0.2) is 28.1 Å². The van der Waals surface area contributed by atoms with Crippen LogP contribution in [0, 0.1) is 6.92 Å². The maximum Gasteiger partial charge on any atom is 0.407 e. The minimum absolute atomic E-state index is 0.408. The SMILES string of the molecule is Cc1[nH]c2ccccc2c1CN(C)C(=O)O. The number of carbonyl (C=O) groups is 1. The van der Waals surface area contributed by atoms with Gasteiger partial charge in [-0.15, -0.1) is 0 Å². The zero-order valence-electron chi connectivity index (χ0n) is 9.32. The molecule has 0 bridgehead atoms. The number of aromatic amines is 1. The molecule has 2 N–H and O–H groups in total. The maximum atomic E-state index is 10.8. The minimum Gasteiger partial charge on any atom is -0.465 e. The van der Waals surface area contributed by atoms with Crippen molar-refractivity contribution >= 4 is 17.0 Å². The zero-order chi connectivity index (χ0) is 11.7. The number of hydrogen-bond donors (Lipinski definition) is 2. The van der Waals surface area contributed by atoms with Gasteiger partial charge in [-0.25, -0.2) is 4.79 Å². The normalized spacial score (nSPS) is 10.6. The topological polar surface area (TPSA) is 56.3 Å². The van der Waals surface area contributed by atoms with Crippen molar-refractivity contribution in [1.82, 2.24) is 9.88 Å². The molecular formula is C12H14N2O2. The molecular weight excluding hydrogens is 204 g/mol. The average Bonchev–Trinajstić information content (AvgIpc) is 2.55. The Balaban J connectivity index is 2.43. The summed E-state index contributed by atoms with van der Waals surface area (Å²) in [7, 11) is 1.57. The van der Waals surface area contributed by atoms with Gasteiger partial charge in [0.05, 0.1) is 6.54 Å². The predicted molar refractivity (Wildman–Crippen MR) is 62.5 cm³/mol. The first-order valence-electron chi connectivity index (χ1n) is 5.10. The highest BCUT2D eigenvalue weighted by Crippen LogP contribution is 2.22. The molecule has 1 aromatic heterocycles. The van der Waals surface area contributed by atoms with E-state index in [9.17, 15) is 4.79 Å². The predicted octanol–water partition coefficient (Wildman–Crippen LogP) is 2.59. The number of nitrogens with one attached hydrogen (secondary N) is 1. The van der Waals surface area contributed by atoms with Crippen LogP contribution in [0.1, 0.15) is 11.3 Å². The molecule has 1 amide bonds. The minimum atomic E-state index is -0.912. The molecule has 1 heterocycles. The van der Waals surface area contributed by atoms with E-state index in [1.165, 1.54) is 4.90 Å². The first kappa shape index (κ1) is 10.5. The number of hydrogen-bond acceptors (Lipinski definition) is 1. The Bertz CT molecular complexity index is 531. The molecule has 0 fully saturated rings. The molecule has 84 valence electrons. The smallest absolute Gasteiger partial charge is 0.407 e. The molecule has 0 spiro atoms. The Morgan fingerprint density at radius 2 is 2.12 bits per heavy atom. The number of benzene rings is 1. The number of carboxylic acid groups (broad SMARTS) is 1. The van der Waals surface area contributed by atoms with Crippen LogP contribution in [0.3, 0.4) is 0 Å². The summed E-state index contributed by atoms with van der Waals surface area (Å²) in [6.07, 6.45) is -0.912. The van der Waals surface area contributed by atoms with Crippen molar-refractivity contribution in [3.8, 4) is 0 Å². The van der Waals surface area contributed by atoms with Crippen molar-refractivity contribution in [2.75, 3.05) is 7.05 Å². The fourth-order valence-electron chi connectivity index (χ4n) is 1.84. The van der Waals surface area contributed by atoms with Gasteiger partial charge in [-0.1, -0.05) is 18.2 Å². The van der Waals surface area contributed by atoms with Gasteiger partial charge in [0.15, 0.2) is 0 Å². The summed E-state index contributed by atoms with van der Waals surface area (Å²) >= 11 is 0. The summed E-state index contributed by atoms with van der Waals surface area (Å²) in [6, 6.07) is 7.92. The Morgan fingerprint density at radius 1 is 1.44 bits per heavy atom. The largest absolute Gasteiger partial charge is 0.465 e. The van der Waals surface area contributed by atoms with Crippen molar-refractivity contribution in [1.29, 1.82) is 0 Å².